The summed E-state index contributed by atoms with van der Waals surface area (Å²) in [5.41, 5.74) is -9.32. The molecule has 5 rings (SSSR count). The maximum absolute atomic E-state index is 15.1. The molecule has 10 N–H and O–H groups in total. The van der Waals surface area contributed by atoms with Crippen molar-refractivity contribution in [1.82, 2.24) is 15.1 Å². The minimum absolute atomic E-state index is 0.0556. The van der Waals surface area contributed by atoms with Crippen LogP contribution < -0.4 is 10.6 Å². The number of amides is 3. The number of fused-ring (bicyclic) bond motifs is 1. The predicted octanol–water partition coefficient (Wildman–Crippen LogP) is -5.75. The molecule has 3 aliphatic heterocycles. The number of aliphatic hydroxyl groups is 8. The Kier molecular flexibility index (Phi) is 7.54. The number of hydrogen-bond donors (Lipinski definition) is 10. The fourth-order valence-corrected chi connectivity index (χ4v) is 5.49. The average molecular weight is 624 g/mol. The Morgan fingerprint density at radius 1 is 0.933 bits per heavy atom. The van der Waals surface area contributed by atoms with Crippen LogP contribution in [0.15, 0.2) is 36.4 Å². The first-order valence-corrected chi connectivity index (χ1v) is 13.0. The molecule has 45 heavy (non-hydrogen) atoms. The van der Waals surface area contributed by atoms with Crippen LogP contribution in [0.2, 0.25) is 0 Å². The number of benzene rings is 2. The predicted molar refractivity (Wildman–Crippen MR) is 146 cm³/mol. The second-order valence-corrected chi connectivity index (χ2v) is 10.8. The van der Waals surface area contributed by atoms with Crippen molar-refractivity contribution >= 4 is 46.9 Å². The zero-order chi connectivity index (χ0) is 33.5. The molecular formula is C25H24B3FN4O12. The van der Waals surface area contributed by atoms with Crippen LogP contribution in [-0.4, -0.2) is 136 Å². The third-order valence-corrected chi connectivity index (χ3v) is 7.97. The highest BCUT2D eigenvalue weighted by atomic mass is 19.1. The summed E-state index contributed by atoms with van der Waals surface area (Å²) in [4.78, 5) is 38.7. The summed E-state index contributed by atoms with van der Waals surface area (Å²) in [6.45, 7) is 0.951. The van der Waals surface area contributed by atoms with E-state index in [1.54, 1.807) is 0 Å². The van der Waals surface area contributed by atoms with E-state index in [0.717, 1.165) is 30.3 Å². The van der Waals surface area contributed by atoms with Gasteiger partial charge in [-0.1, -0.05) is 12.1 Å². The molecule has 2 saturated heterocycles. The molecule has 3 amide bonds. The molecule has 2 aromatic carbocycles. The SMILES string of the molecule is [B]C([B])(Nc1cccc2c1C(O)(O)N(C1(O)C(=O)NC(=O)C(O)(O)C1(O)O)C2=O)c1cc(C([B])(O)N2CCOCC2)ccc1F. The number of hydrogen-bond acceptors (Lipinski definition) is 14. The van der Waals surface area contributed by atoms with Crippen LogP contribution in [0, 0.1) is 5.82 Å². The van der Waals surface area contributed by atoms with E-state index in [4.69, 9.17) is 28.3 Å². The lowest BCUT2D eigenvalue weighted by atomic mass is 9.57. The molecule has 20 heteroatoms. The van der Waals surface area contributed by atoms with Gasteiger partial charge in [-0.05, 0) is 40.7 Å². The van der Waals surface area contributed by atoms with Crippen LogP contribution in [0.5, 0.6) is 0 Å². The Morgan fingerprint density at radius 3 is 2.18 bits per heavy atom. The van der Waals surface area contributed by atoms with Gasteiger partial charge < -0.3 is 50.9 Å². The standard InChI is InChI=1S/C25H24B3FN4O12/c26-22(27,13-10-11(4-5-14(13)29)23(28,40)32-6-8-45-9-7-32)31-15-3-1-2-12-16(15)24(41,42)33(17(12)34)20(37)18(35)30-19(36)21(38,39)25(20,43)44/h1-5,10,31,37-44H,6-9H2,(H,30,35,36). The number of halogens is 1. The van der Waals surface area contributed by atoms with E-state index < -0.39 is 85.0 Å². The Bertz CT molecular complexity index is 1600. The van der Waals surface area contributed by atoms with Crippen molar-refractivity contribution in [3.8, 4) is 0 Å². The van der Waals surface area contributed by atoms with Crippen LogP contribution in [0.4, 0.5) is 10.1 Å². The van der Waals surface area contributed by atoms with Gasteiger partial charge in [-0.25, -0.2) is 9.29 Å². The first kappa shape index (κ1) is 33.0. The third-order valence-electron chi connectivity index (χ3n) is 7.97. The number of nitrogens with zero attached hydrogens (tertiary/aromatic N) is 2. The monoisotopic (exact) mass is 624 g/mol. The number of nitrogens with one attached hydrogen (secondary N) is 2. The van der Waals surface area contributed by atoms with E-state index in [2.05, 4.69) is 5.32 Å². The van der Waals surface area contributed by atoms with Gasteiger partial charge in [0.05, 0.1) is 45.7 Å². The van der Waals surface area contributed by atoms with Gasteiger partial charge in [0, 0.05) is 18.8 Å². The Morgan fingerprint density at radius 2 is 1.56 bits per heavy atom. The van der Waals surface area contributed by atoms with Crippen molar-refractivity contribution in [1.29, 1.82) is 0 Å². The number of ether oxygens (including phenoxy) is 1. The average Bonchev–Trinajstić information content (AvgIpc) is 3.17. The first-order chi connectivity index (χ1) is 20.6. The summed E-state index contributed by atoms with van der Waals surface area (Å²) in [6, 6.07) is 6.19. The van der Waals surface area contributed by atoms with E-state index in [0.29, 0.717) is 0 Å². The number of imide groups is 1. The van der Waals surface area contributed by atoms with Gasteiger partial charge in [0.25, 0.3) is 35.1 Å². The van der Waals surface area contributed by atoms with Crippen LogP contribution in [0.1, 0.15) is 27.0 Å². The van der Waals surface area contributed by atoms with Crippen LogP contribution in [0.3, 0.4) is 0 Å². The Hall–Kier alpha value is -3.43. The molecule has 3 aliphatic rings. The Labute approximate surface area is 256 Å². The lowest BCUT2D eigenvalue weighted by Crippen LogP contribution is -2.87. The summed E-state index contributed by atoms with van der Waals surface area (Å²) in [5, 5.41) is 86.4. The zero-order valence-corrected chi connectivity index (χ0v) is 23.0. The number of rotatable bonds is 6. The highest BCUT2D eigenvalue weighted by molar-refractivity contribution is 6.41. The Balaban J connectivity index is 1.56. The van der Waals surface area contributed by atoms with Gasteiger partial charge in [0.1, 0.15) is 13.7 Å². The number of carbonyl (C=O) groups excluding carboxylic acids is 3. The van der Waals surface area contributed by atoms with Crippen molar-refractivity contribution < 1.29 is 64.4 Å². The van der Waals surface area contributed by atoms with E-state index in [1.165, 1.54) is 16.3 Å². The van der Waals surface area contributed by atoms with Gasteiger partial charge in [-0.3, -0.25) is 24.6 Å². The molecule has 2 unspecified atom stereocenters. The molecule has 0 bridgehead atoms. The van der Waals surface area contributed by atoms with Crippen molar-refractivity contribution in [2.24, 2.45) is 0 Å². The van der Waals surface area contributed by atoms with Crippen LogP contribution in [0.25, 0.3) is 0 Å². The van der Waals surface area contributed by atoms with Crippen molar-refractivity contribution in [3.05, 3.63) is 64.5 Å². The van der Waals surface area contributed by atoms with Crippen molar-refractivity contribution in [2.75, 3.05) is 31.6 Å². The minimum atomic E-state index is -4.66. The second kappa shape index (κ2) is 10.3. The number of anilines is 1. The molecule has 0 spiro atoms. The fraction of sp³-hybridized carbons (Fsp3) is 0.400. The lowest BCUT2D eigenvalue weighted by Gasteiger charge is -2.51. The molecule has 16 nitrogen and oxygen atoms in total. The molecule has 0 aromatic heterocycles. The highest BCUT2D eigenvalue weighted by Crippen LogP contribution is 2.48. The minimum Gasteiger partial charge on any atom is -0.392 e. The zero-order valence-electron chi connectivity index (χ0n) is 23.0. The molecule has 0 saturated carbocycles. The molecular weight excluding hydrogens is 600 g/mol. The first-order valence-electron chi connectivity index (χ1n) is 13.0. The quantitative estimate of drug-likeness (QED) is 0.0818. The van der Waals surface area contributed by atoms with Crippen molar-refractivity contribution in [2.45, 2.75) is 34.2 Å². The number of piperidine rings is 1. The fourth-order valence-electron chi connectivity index (χ4n) is 5.49. The molecule has 232 valence electrons. The molecule has 2 atom stereocenters. The summed E-state index contributed by atoms with van der Waals surface area (Å²) >= 11 is 0. The van der Waals surface area contributed by atoms with Gasteiger partial charge in [0.15, 0.2) is 0 Å². The molecule has 2 fully saturated rings. The normalized spacial score (nSPS) is 25.8. The maximum Gasteiger partial charge on any atom is 0.306 e. The number of carbonyl (C=O) groups is 3. The largest absolute Gasteiger partial charge is 0.392 e. The summed E-state index contributed by atoms with van der Waals surface area (Å²) in [5.74, 6) is -20.0. The third kappa shape index (κ3) is 4.60. The summed E-state index contributed by atoms with van der Waals surface area (Å²) in [7, 11) is 18.6. The second-order valence-electron chi connectivity index (χ2n) is 10.8. The molecule has 6 radical (unpaired) electrons. The highest BCUT2D eigenvalue weighted by Gasteiger charge is 2.79. The van der Waals surface area contributed by atoms with Gasteiger partial charge in [0.2, 0.25) is 0 Å². The lowest BCUT2D eigenvalue weighted by molar-refractivity contribution is -0.433. The van der Waals surface area contributed by atoms with E-state index >= 15 is 4.39 Å². The number of morpholine rings is 1. The van der Waals surface area contributed by atoms with Crippen molar-refractivity contribution in [3.63, 3.8) is 0 Å². The molecule has 0 aliphatic carbocycles. The molecule has 2 aromatic rings. The van der Waals surface area contributed by atoms with Crippen LogP contribution in [-0.2, 0) is 31.2 Å². The topological polar surface area (TPSA) is 253 Å². The summed E-state index contributed by atoms with van der Waals surface area (Å²) < 4.78 is 20.4. The summed E-state index contributed by atoms with van der Waals surface area (Å²) in [6.07, 6.45) is 0. The van der Waals surface area contributed by atoms with E-state index in [1.807, 2.05) is 0 Å². The van der Waals surface area contributed by atoms with Gasteiger partial charge in [-0.15, -0.1) is 0 Å². The smallest absolute Gasteiger partial charge is 0.306 e. The maximum atomic E-state index is 15.1. The van der Waals surface area contributed by atoms with E-state index in [9.17, 15) is 55.2 Å². The molecule has 3 heterocycles. The van der Waals surface area contributed by atoms with Gasteiger partial charge in [-0.2, -0.15) is 0 Å². The van der Waals surface area contributed by atoms with Crippen LogP contribution >= 0.6 is 0 Å². The van der Waals surface area contributed by atoms with Gasteiger partial charge >= 0.3 is 5.79 Å². The van der Waals surface area contributed by atoms with E-state index in [-0.39, 0.29) is 31.9 Å².